The van der Waals surface area contributed by atoms with E-state index < -0.39 is 0 Å². The Hall–Kier alpha value is -3.09. The molecule has 0 spiro atoms. The topological polar surface area (TPSA) is 92.8 Å². The Bertz CT molecular complexity index is 971. The molecule has 5 rings (SSSR count). The Balaban J connectivity index is 1.55. The monoisotopic (exact) mass is 377 g/mol. The maximum absolute atomic E-state index is 11.9. The first-order chi connectivity index (χ1) is 13.6. The van der Waals surface area contributed by atoms with Gasteiger partial charge in [-0.3, -0.25) is 9.78 Å². The molecule has 3 N–H and O–H groups in total. The van der Waals surface area contributed by atoms with Crippen LogP contribution in [0.5, 0.6) is 0 Å². The van der Waals surface area contributed by atoms with Crippen LogP contribution in [-0.2, 0) is 9.53 Å². The van der Waals surface area contributed by atoms with Crippen LogP contribution in [0.2, 0.25) is 0 Å². The fourth-order valence-corrected chi connectivity index (χ4v) is 4.14. The van der Waals surface area contributed by atoms with Gasteiger partial charge in [0.15, 0.2) is 0 Å². The summed E-state index contributed by atoms with van der Waals surface area (Å²) in [5.74, 6) is 0.891. The number of carbonyl (C=O) groups excluding carboxylic acids is 1. The van der Waals surface area contributed by atoms with E-state index in [1.165, 1.54) is 5.57 Å². The fourth-order valence-electron chi connectivity index (χ4n) is 4.14. The van der Waals surface area contributed by atoms with Crippen molar-refractivity contribution in [3.63, 3.8) is 0 Å². The highest BCUT2D eigenvalue weighted by molar-refractivity contribution is 6.03. The number of hydrogen-bond donors (Lipinski definition) is 2. The van der Waals surface area contributed by atoms with Gasteiger partial charge in [-0.25, -0.2) is 4.99 Å². The number of aryl methyl sites for hydroxylation is 1. The van der Waals surface area contributed by atoms with Crippen LogP contribution < -0.4 is 11.1 Å². The predicted molar refractivity (Wildman–Crippen MR) is 105 cm³/mol. The largest absolute Gasteiger partial charge is 0.495 e. The van der Waals surface area contributed by atoms with Gasteiger partial charge in [0.2, 0.25) is 5.91 Å². The molecule has 1 unspecified atom stereocenters. The van der Waals surface area contributed by atoms with Crippen molar-refractivity contribution in [1.29, 1.82) is 0 Å². The van der Waals surface area contributed by atoms with Gasteiger partial charge in [0, 0.05) is 36.3 Å². The van der Waals surface area contributed by atoms with Crippen LogP contribution >= 0.6 is 0 Å². The zero-order chi connectivity index (χ0) is 19.3. The van der Waals surface area contributed by atoms with E-state index in [2.05, 4.69) is 22.1 Å². The summed E-state index contributed by atoms with van der Waals surface area (Å²) in [6, 6.07) is 1.62. The number of carbonyl (C=O) groups is 1. The van der Waals surface area contributed by atoms with E-state index in [4.69, 9.17) is 15.5 Å². The van der Waals surface area contributed by atoms with Crippen LogP contribution in [0.4, 0.5) is 0 Å². The molecule has 0 saturated heterocycles. The van der Waals surface area contributed by atoms with Gasteiger partial charge in [-0.15, -0.1) is 0 Å². The second-order valence-electron chi connectivity index (χ2n) is 7.74. The van der Waals surface area contributed by atoms with E-state index >= 15 is 0 Å². The lowest BCUT2D eigenvalue weighted by molar-refractivity contribution is -0.120. The molecule has 1 aliphatic carbocycles. The average Bonchev–Trinajstić information content (AvgIpc) is 3.46. The van der Waals surface area contributed by atoms with Crippen molar-refractivity contribution in [3.8, 4) is 0 Å². The molecule has 1 amide bonds. The number of pyridine rings is 1. The lowest BCUT2D eigenvalue weighted by Crippen LogP contribution is -2.43. The molecule has 1 atom stereocenters. The second-order valence-corrected chi connectivity index (χ2v) is 7.74. The van der Waals surface area contributed by atoms with Crippen LogP contribution in [0.1, 0.15) is 30.4 Å². The molecule has 7 nitrogen and oxygen atoms in total. The number of nitrogens with one attached hydrogen (secondary N) is 1. The van der Waals surface area contributed by atoms with Gasteiger partial charge >= 0.3 is 0 Å². The maximum Gasteiger partial charge on any atom is 0.240 e. The van der Waals surface area contributed by atoms with Crippen LogP contribution in [0, 0.1) is 12.8 Å². The van der Waals surface area contributed by atoms with Crippen molar-refractivity contribution >= 4 is 11.7 Å². The first-order valence-electron chi connectivity index (χ1n) is 9.70. The summed E-state index contributed by atoms with van der Waals surface area (Å²) in [6.45, 7) is 3.46. The summed E-state index contributed by atoms with van der Waals surface area (Å²) in [5, 5.41) is 3.34. The number of aromatic nitrogens is 1. The first kappa shape index (κ1) is 17.0. The summed E-state index contributed by atoms with van der Waals surface area (Å²) in [4.78, 5) is 23.2. The smallest absolute Gasteiger partial charge is 0.240 e. The van der Waals surface area contributed by atoms with Crippen LogP contribution in [0.15, 0.2) is 58.5 Å². The van der Waals surface area contributed by atoms with Crippen molar-refractivity contribution in [1.82, 2.24) is 15.2 Å². The third-order valence-corrected chi connectivity index (χ3v) is 5.81. The Morgan fingerprint density at radius 2 is 2.29 bits per heavy atom. The minimum atomic E-state index is -0.376. The quantitative estimate of drug-likeness (QED) is 0.815. The Morgan fingerprint density at radius 3 is 3.04 bits per heavy atom. The van der Waals surface area contributed by atoms with Gasteiger partial charge in [-0.2, -0.15) is 0 Å². The van der Waals surface area contributed by atoms with Gasteiger partial charge < -0.3 is 20.7 Å². The van der Waals surface area contributed by atoms with Crippen molar-refractivity contribution in [2.45, 2.75) is 32.2 Å². The summed E-state index contributed by atoms with van der Waals surface area (Å²) in [6.07, 6.45) is 10.2. The number of rotatable bonds is 5. The molecular weight excluding hydrogens is 354 g/mol. The van der Waals surface area contributed by atoms with Crippen molar-refractivity contribution < 1.29 is 9.53 Å². The molecule has 28 heavy (non-hydrogen) atoms. The second kappa shape index (κ2) is 6.51. The first-order valence-corrected chi connectivity index (χ1v) is 9.70. The Labute approximate surface area is 163 Å². The van der Waals surface area contributed by atoms with Crippen LogP contribution in [-0.4, -0.2) is 40.8 Å². The number of nitrogens with two attached hydrogens (primary N) is 1. The molecule has 0 aromatic carbocycles. The van der Waals surface area contributed by atoms with Gasteiger partial charge in [0.1, 0.15) is 24.7 Å². The average molecular weight is 377 g/mol. The number of hydrogen-bond acceptors (Lipinski definition) is 6. The summed E-state index contributed by atoms with van der Waals surface area (Å²) in [5.41, 5.74) is 11.9. The fraction of sp³-hybridized carbons (Fsp3) is 0.381. The highest BCUT2D eigenvalue weighted by Crippen LogP contribution is 2.39. The molecule has 1 saturated carbocycles. The lowest BCUT2D eigenvalue weighted by atomic mass is 10.0. The number of nitrogens with zero attached hydrogens (tertiary/aromatic N) is 3. The zero-order valence-electron chi connectivity index (χ0n) is 15.8. The van der Waals surface area contributed by atoms with Crippen LogP contribution in [0.3, 0.4) is 0 Å². The maximum atomic E-state index is 11.9. The molecule has 7 heteroatoms. The third-order valence-electron chi connectivity index (χ3n) is 5.81. The molecule has 3 aliphatic heterocycles. The molecule has 4 heterocycles. The predicted octanol–water partition coefficient (Wildman–Crippen LogP) is 1.72. The molecule has 1 aromatic rings. The van der Waals surface area contributed by atoms with Crippen LogP contribution in [0.25, 0.3) is 0 Å². The number of ether oxygens (including phenoxy) is 1. The summed E-state index contributed by atoms with van der Waals surface area (Å²) in [7, 11) is 0. The molecular formula is C21H23N5O2. The SMILES string of the molecule is Cc1ccncc1C1=NC=C2C(NC(C(N)=O)C3CC3)=COCC3=C2N1CC3. The van der Waals surface area contributed by atoms with Gasteiger partial charge in [-0.05, 0) is 49.3 Å². The molecule has 1 aromatic heterocycles. The van der Waals surface area contributed by atoms with E-state index in [0.717, 1.165) is 59.7 Å². The summed E-state index contributed by atoms with van der Waals surface area (Å²) >= 11 is 0. The number of amides is 1. The molecule has 4 aliphatic rings. The van der Waals surface area contributed by atoms with Crippen molar-refractivity contribution in [2.75, 3.05) is 13.2 Å². The van der Waals surface area contributed by atoms with E-state index in [9.17, 15) is 4.79 Å². The zero-order valence-corrected chi connectivity index (χ0v) is 15.8. The normalized spacial score (nSPS) is 21.8. The van der Waals surface area contributed by atoms with E-state index in [0.29, 0.717) is 12.5 Å². The van der Waals surface area contributed by atoms with Crippen molar-refractivity contribution in [2.24, 2.45) is 16.6 Å². The Morgan fingerprint density at radius 1 is 1.43 bits per heavy atom. The Kier molecular flexibility index (Phi) is 3.96. The third kappa shape index (κ3) is 2.78. The molecule has 0 bridgehead atoms. The van der Waals surface area contributed by atoms with Gasteiger partial charge in [0.05, 0.1) is 11.4 Å². The molecule has 1 fully saturated rings. The standard InChI is InChI=1S/C21H23N5O2/c1-12-4-6-23-8-15(12)21-24-9-16-17(25-18(20(22)27)13-2-3-13)11-28-10-14-5-7-26(21)19(14)16/h4,6,8-9,11,13,18,25H,2-3,5,7,10H2,1H3,(H2,22,27). The van der Waals surface area contributed by atoms with Gasteiger partial charge in [0.25, 0.3) is 0 Å². The highest BCUT2D eigenvalue weighted by atomic mass is 16.5. The van der Waals surface area contributed by atoms with E-state index in [1.54, 1.807) is 12.5 Å². The van der Waals surface area contributed by atoms with E-state index in [1.807, 2.05) is 18.5 Å². The lowest BCUT2D eigenvalue weighted by Gasteiger charge is -2.30. The molecule has 0 radical (unpaired) electrons. The van der Waals surface area contributed by atoms with Gasteiger partial charge in [-0.1, -0.05) is 0 Å². The van der Waals surface area contributed by atoms with E-state index in [-0.39, 0.29) is 11.9 Å². The number of aliphatic imine (C=N–C) groups is 1. The number of amidine groups is 1. The highest BCUT2D eigenvalue weighted by Gasteiger charge is 2.39. The minimum Gasteiger partial charge on any atom is -0.495 e. The number of primary amides is 1. The summed E-state index contributed by atoms with van der Waals surface area (Å²) < 4.78 is 5.81. The van der Waals surface area contributed by atoms with Crippen molar-refractivity contribution in [3.05, 3.63) is 64.6 Å². The minimum absolute atomic E-state index is 0.302. The molecule has 144 valence electrons.